The van der Waals surface area contributed by atoms with E-state index in [1.165, 1.54) is 12.8 Å². The highest BCUT2D eigenvalue weighted by Crippen LogP contribution is 2.35. The van der Waals surface area contributed by atoms with Crippen LogP contribution in [0.5, 0.6) is 0 Å². The first-order valence-corrected chi connectivity index (χ1v) is 9.32. The van der Waals surface area contributed by atoms with E-state index in [-0.39, 0.29) is 23.5 Å². The Balaban J connectivity index is 1.60. The van der Waals surface area contributed by atoms with E-state index >= 15 is 0 Å². The standard InChI is InChI=1S/C15H25N3O3S/c1-16-14(20)12-6-21-15(8-17(12)5-11-3-4-11)9-18(10-15)13(19)7-22-2/h11-12H,3-10H2,1-2H3,(H,16,20). The van der Waals surface area contributed by atoms with Gasteiger partial charge in [-0.05, 0) is 25.0 Å². The summed E-state index contributed by atoms with van der Waals surface area (Å²) in [6.45, 7) is 3.48. The van der Waals surface area contributed by atoms with Gasteiger partial charge in [0.2, 0.25) is 11.8 Å². The molecule has 1 saturated carbocycles. The zero-order valence-electron chi connectivity index (χ0n) is 13.3. The molecular weight excluding hydrogens is 302 g/mol. The van der Waals surface area contributed by atoms with E-state index in [2.05, 4.69) is 10.2 Å². The van der Waals surface area contributed by atoms with Crippen molar-refractivity contribution in [2.75, 3.05) is 51.8 Å². The van der Waals surface area contributed by atoms with Crippen molar-refractivity contribution < 1.29 is 14.3 Å². The summed E-state index contributed by atoms with van der Waals surface area (Å²) in [6, 6.07) is -0.188. The minimum atomic E-state index is -0.256. The van der Waals surface area contributed by atoms with Gasteiger partial charge in [-0.25, -0.2) is 0 Å². The number of nitrogens with zero attached hydrogens (tertiary/aromatic N) is 2. The SMILES string of the molecule is CNC(=O)C1COC2(CN(C(=O)CSC)C2)CN1CC1CC1. The monoisotopic (exact) mass is 327 g/mol. The van der Waals surface area contributed by atoms with E-state index in [1.54, 1.807) is 18.8 Å². The van der Waals surface area contributed by atoms with Crippen LogP contribution in [-0.2, 0) is 14.3 Å². The zero-order chi connectivity index (χ0) is 15.7. The number of carbonyl (C=O) groups excluding carboxylic acids is 2. The summed E-state index contributed by atoms with van der Waals surface area (Å²) in [5.41, 5.74) is -0.256. The first-order valence-electron chi connectivity index (χ1n) is 7.93. The molecule has 3 fully saturated rings. The summed E-state index contributed by atoms with van der Waals surface area (Å²) in [7, 11) is 1.67. The van der Waals surface area contributed by atoms with Crippen molar-refractivity contribution in [1.82, 2.24) is 15.1 Å². The topological polar surface area (TPSA) is 61.9 Å². The lowest BCUT2D eigenvalue weighted by molar-refractivity contribution is -0.203. The molecule has 0 aromatic rings. The lowest BCUT2D eigenvalue weighted by atomic mass is 9.90. The normalized spacial score (nSPS) is 27.5. The third-order valence-electron chi connectivity index (χ3n) is 4.80. The van der Waals surface area contributed by atoms with E-state index < -0.39 is 0 Å². The van der Waals surface area contributed by atoms with Crippen molar-refractivity contribution >= 4 is 23.6 Å². The summed E-state index contributed by atoms with van der Waals surface area (Å²) in [6.07, 6.45) is 4.47. The van der Waals surface area contributed by atoms with Gasteiger partial charge in [0.1, 0.15) is 11.6 Å². The molecule has 0 aromatic carbocycles. The van der Waals surface area contributed by atoms with Gasteiger partial charge in [-0.1, -0.05) is 0 Å². The number of thioether (sulfide) groups is 1. The number of hydrogen-bond donors (Lipinski definition) is 1. The van der Waals surface area contributed by atoms with E-state index in [9.17, 15) is 9.59 Å². The van der Waals surface area contributed by atoms with Crippen molar-refractivity contribution in [3.63, 3.8) is 0 Å². The highest BCUT2D eigenvalue weighted by Gasteiger charge is 2.52. The second-order valence-electron chi connectivity index (χ2n) is 6.68. The Morgan fingerprint density at radius 1 is 1.32 bits per heavy atom. The summed E-state index contributed by atoms with van der Waals surface area (Å²) >= 11 is 1.55. The summed E-state index contributed by atoms with van der Waals surface area (Å²) in [4.78, 5) is 28.1. The number of nitrogens with one attached hydrogen (secondary N) is 1. The second-order valence-corrected chi connectivity index (χ2v) is 7.55. The van der Waals surface area contributed by atoms with Crippen LogP contribution in [0.15, 0.2) is 0 Å². The molecule has 1 N–H and O–H groups in total. The molecular formula is C15H25N3O3S. The van der Waals surface area contributed by atoms with Crippen LogP contribution in [0.2, 0.25) is 0 Å². The van der Waals surface area contributed by atoms with Gasteiger partial charge in [-0.3, -0.25) is 14.5 Å². The molecule has 1 aliphatic carbocycles. The number of amides is 2. The molecule has 3 rings (SSSR count). The number of carbonyl (C=O) groups is 2. The smallest absolute Gasteiger partial charge is 0.239 e. The third kappa shape index (κ3) is 3.26. The number of likely N-dealkylation sites (N-methyl/N-ethyl adjacent to an activating group) is 1. The van der Waals surface area contributed by atoms with Gasteiger partial charge in [-0.2, -0.15) is 11.8 Å². The average molecular weight is 327 g/mol. The Hall–Kier alpha value is -0.790. The van der Waals surface area contributed by atoms with Crippen LogP contribution < -0.4 is 5.32 Å². The van der Waals surface area contributed by atoms with Crippen LogP contribution in [0.3, 0.4) is 0 Å². The summed E-state index contributed by atoms with van der Waals surface area (Å²) in [5, 5.41) is 2.74. The largest absolute Gasteiger partial charge is 0.368 e. The molecule has 2 saturated heterocycles. The molecule has 2 amide bonds. The van der Waals surface area contributed by atoms with E-state index in [0.717, 1.165) is 19.0 Å². The van der Waals surface area contributed by atoms with Crippen LogP contribution in [0.1, 0.15) is 12.8 Å². The van der Waals surface area contributed by atoms with E-state index in [1.807, 2.05) is 11.2 Å². The molecule has 22 heavy (non-hydrogen) atoms. The molecule has 2 aliphatic heterocycles. The molecule has 124 valence electrons. The van der Waals surface area contributed by atoms with Gasteiger partial charge in [0, 0.05) is 20.1 Å². The number of morpholine rings is 1. The number of ether oxygens (including phenoxy) is 1. The van der Waals surface area contributed by atoms with Gasteiger partial charge in [-0.15, -0.1) is 0 Å². The average Bonchev–Trinajstić information content (AvgIpc) is 3.28. The fourth-order valence-corrected chi connectivity index (χ4v) is 3.78. The first-order chi connectivity index (χ1) is 10.6. The predicted molar refractivity (Wildman–Crippen MR) is 85.8 cm³/mol. The van der Waals surface area contributed by atoms with Crippen LogP contribution in [0, 0.1) is 5.92 Å². The molecule has 2 heterocycles. The molecule has 7 heteroatoms. The maximum atomic E-state index is 12.1. The minimum absolute atomic E-state index is 0.0325. The van der Waals surface area contributed by atoms with Gasteiger partial charge >= 0.3 is 0 Å². The minimum Gasteiger partial charge on any atom is -0.368 e. The van der Waals surface area contributed by atoms with Crippen LogP contribution >= 0.6 is 11.8 Å². The van der Waals surface area contributed by atoms with Crippen molar-refractivity contribution in [3.8, 4) is 0 Å². The van der Waals surface area contributed by atoms with Gasteiger partial charge < -0.3 is 15.0 Å². The van der Waals surface area contributed by atoms with Crippen LogP contribution in [0.25, 0.3) is 0 Å². The van der Waals surface area contributed by atoms with Crippen LogP contribution in [-0.4, -0.2) is 85.1 Å². The molecule has 6 nitrogen and oxygen atoms in total. The first kappa shape index (κ1) is 16.1. The van der Waals surface area contributed by atoms with Gasteiger partial charge in [0.25, 0.3) is 0 Å². The zero-order valence-corrected chi connectivity index (χ0v) is 14.2. The summed E-state index contributed by atoms with van der Waals surface area (Å²) in [5.74, 6) is 1.48. The third-order valence-corrected chi connectivity index (χ3v) is 5.33. The molecule has 1 unspecified atom stereocenters. The van der Waals surface area contributed by atoms with Crippen LogP contribution in [0.4, 0.5) is 0 Å². The number of hydrogen-bond acceptors (Lipinski definition) is 5. The highest BCUT2D eigenvalue weighted by molar-refractivity contribution is 7.99. The lowest BCUT2D eigenvalue weighted by Crippen LogP contribution is -2.73. The Labute approximate surface area is 135 Å². The fourth-order valence-electron chi connectivity index (χ4n) is 3.35. The Morgan fingerprint density at radius 2 is 2.05 bits per heavy atom. The van der Waals surface area contributed by atoms with Crippen molar-refractivity contribution in [1.29, 1.82) is 0 Å². The Kier molecular flexibility index (Phi) is 4.66. The van der Waals surface area contributed by atoms with Crippen molar-refractivity contribution in [2.24, 2.45) is 5.92 Å². The lowest BCUT2D eigenvalue weighted by Gasteiger charge is -2.55. The quantitative estimate of drug-likeness (QED) is 0.757. The Morgan fingerprint density at radius 3 is 2.64 bits per heavy atom. The van der Waals surface area contributed by atoms with E-state index in [4.69, 9.17) is 4.74 Å². The van der Waals surface area contributed by atoms with Crippen molar-refractivity contribution in [2.45, 2.75) is 24.5 Å². The van der Waals surface area contributed by atoms with Crippen molar-refractivity contribution in [3.05, 3.63) is 0 Å². The van der Waals surface area contributed by atoms with Gasteiger partial charge in [0.05, 0.1) is 25.4 Å². The molecule has 0 aromatic heterocycles. The Bertz CT molecular complexity index is 449. The van der Waals surface area contributed by atoms with E-state index in [0.29, 0.717) is 25.4 Å². The summed E-state index contributed by atoms with van der Waals surface area (Å²) < 4.78 is 6.02. The second kappa shape index (κ2) is 6.37. The highest BCUT2D eigenvalue weighted by atomic mass is 32.2. The maximum absolute atomic E-state index is 12.1. The molecule has 1 atom stereocenters. The molecule has 1 spiro atoms. The number of rotatable bonds is 5. The molecule has 3 aliphatic rings. The van der Waals surface area contributed by atoms with Gasteiger partial charge in [0.15, 0.2) is 0 Å². The maximum Gasteiger partial charge on any atom is 0.239 e. The number of likely N-dealkylation sites (tertiary alicyclic amines) is 1. The molecule has 0 bridgehead atoms. The molecule has 0 radical (unpaired) electrons. The fraction of sp³-hybridized carbons (Fsp3) is 0.867. The predicted octanol–water partition coefficient (Wildman–Crippen LogP) is -0.213.